The Labute approximate surface area is 223 Å². The molecule has 0 aliphatic heterocycles. The summed E-state index contributed by atoms with van der Waals surface area (Å²) in [5.74, 6) is 1.35. The van der Waals surface area contributed by atoms with E-state index >= 15 is 0 Å². The summed E-state index contributed by atoms with van der Waals surface area (Å²) in [5.41, 5.74) is 2.45. The first-order chi connectivity index (χ1) is 18.5. The van der Waals surface area contributed by atoms with Gasteiger partial charge in [-0.15, -0.1) is 13.2 Å². The first kappa shape index (κ1) is 28.7. The van der Waals surface area contributed by atoms with Crippen molar-refractivity contribution in [3.8, 4) is 17.1 Å². The van der Waals surface area contributed by atoms with E-state index < -0.39 is 5.83 Å². The molecule has 8 nitrogen and oxygen atoms in total. The lowest BCUT2D eigenvalue weighted by molar-refractivity contribution is -0.118. The van der Waals surface area contributed by atoms with Crippen molar-refractivity contribution in [2.75, 3.05) is 18.1 Å². The van der Waals surface area contributed by atoms with Crippen molar-refractivity contribution < 1.29 is 18.4 Å². The van der Waals surface area contributed by atoms with Crippen LogP contribution in [-0.4, -0.2) is 39.2 Å². The maximum atomic E-state index is 13.3. The van der Waals surface area contributed by atoms with E-state index in [0.717, 1.165) is 61.2 Å². The second-order valence-corrected chi connectivity index (χ2v) is 8.93. The topological polar surface area (TPSA) is 94.2 Å². The minimum atomic E-state index is -0.492. The minimum Gasteiger partial charge on any atom is -0.464 e. The van der Waals surface area contributed by atoms with Crippen molar-refractivity contribution in [2.45, 2.75) is 64.2 Å². The van der Waals surface area contributed by atoms with Crippen molar-refractivity contribution >= 4 is 11.6 Å². The number of hydrogen-bond donors (Lipinski definition) is 0. The number of allylic oxidation sites excluding steroid dienone is 1. The lowest BCUT2D eigenvalue weighted by Crippen LogP contribution is -2.31. The molecule has 1 aromatic carbocycles. The molecule has 0 saturated heterocycles. The number of unbranched alkanes of at least 4 members (excludes halogenated alkanes) is 2. The standard InChI is InChI=1S/C27H32FN5O3.C2H4/c1-3-35-27-29-17-22(18-30-27)21-8-7-9-23(16-21)33(25(34)14-11-19(2)28)15-6-4-5-10-24-31-26(32-36-24)20-12-13-20;1-2/h7-9,16-18,20H,2-6,10-15H2,1H3;1-2H2. The predicted molar refractivity (Wildman–Crippen MR) is 146 cm³/mol. The number of halogens is 1. The number of benzene rings is 1. The molecule has 0 spiro atoms. The van der Waals surface area contributed by atoms with E-state index in [0.29, 0.717) is 31.0 Å². The zero-order chi connectivity index (χ0) is 27.3. The van der Waals surface area contributed by atoms with Crippen LogP contribution in [0.5, 0.6) is 6.01 Å². The highest BCUT2D eigenvalue weighted by molar-refractivity contribution is 5.94. The smallest absolute Gasteiger partial charge is 0.316 e. The average molecular weight is 522 g/mol. The number of aromatic nitrogens is 4. The fraction of sp³-hybridized carbons (Fsp3) is 0.414. The van der Waals surface area contributed by atoms with Crippen LogP contribution in [-0.2, 0) is 11.2 Å². The number of rotatable bonds is 14. The van der Waals surface area contributed by atoms with Crippen LogP contribution >= 0.6 is 0 Å². The van der Waals surface area contributed by atoms with E-state index in [-0.39, 0.29) is 18.7 Å². The number of ether oxygens (including phenoxy) is 1. The van der Waals surface area contributed by atoms with Crippen LogP contribution in [0, 0.1) is 0 Å². The Bertz CT molecular complexity index is 1180. The third-order valence-corrected chi connectivity index (χ3v) is 6.00. The lowest BCUT2D eigenvalue weighted by atomic mass is 10.1. The number of carbonyl (C=O) groups is 1. The van der Waals surface area contributed by atoms with Crippen molar-refractivity contribution in [1.82, 2.24) is 20.1 Å². The zero-order valence-electron chi connectivity index (χ0n) is 22.1. The first-order valence-corrected chi connectivity index (χ1v) is 13.0. The fourth-order valence-corrected chi connectivity index (χ4v) is 3.90. The van der Waals surface area contributed by atoms with Crippen molar-refractivity contribution in [3.63, 3.8) is 0 Å². The number of amides is 1. The van der Waals surface area contributed by atoms with Crippen molar-refractivity contribution in [3.05, 3.63) is 73.9 Å². The summed E-state index contributed by atoms with van der Waals surface area (Å²) in [6, 6.07) is 7.97. The van der Waals surface area contributed by atoms with Crippen LogP contribution in [0.25, 0.3) is 11.1 Å². The molecule has 2 aromatic heterocycles. The van der Waals surface area contributed by atoms with E-state index in [1.165, 1.54) is 0 Å². The monoisotopic (exact) mass is 521 g/mol. The Morgan fingerprint density at radius 1 is 1.13 bits per heavy atom. The van der Waals surface area contributed by atoms with Gasteiger partial charge < -0.3 is 14.2 Å². The highest BCUT2D eigenvalue weighted by Crippen LogP contribution is 2.38. The van der Waals surface area contributed by atoms with Gasteiger partial charge in [-0.25, -0.2) is 14.4 Å². The van der Waals surface area contributed by atoms with Crippen LogP contribution in [0.1, 0.15) is 69.5 Å². The van der Waals surface area contributed by atoms with Gasteiger partial charge in [0, 0.05) is 55.4 Å². The Balaban J connectivity index is 0.00000195. The van der Waals surface area contributed by atoms with E-state index in [4.69, 9.17) is 9.26 Å². The van der Waals surface area contributed by atoms with Gasteiger partial charge in [-0.3, -0.25) is 4.79 Å². The van der Waals surface area contributed by atoms with Crippen LogP contribution in [0.2, 0.25) is 0 Å². The maximum absolute atomic E-state index is 13.3. The second-order valence-electron chi connectivity index (χ2n) is 8.93. The van der Waals surface area contributed by atoms with Gasteiger partial charge in [0.15, 0.2) is 5.82 Å². The zero-order valence-corrected chi connectivity index (χ0v) is 22.1. The summed E-state index contributed by atoms with van der Waals surface area (Å²) < 4.78 is 23.9. The Kier molecular flexibility index (Phi) is 11.1. The normalized spacial score (nSPS) is 12.4. The quantitative estimate of drug-likeness (QED) is 0.174. The van der Waals surface area contributed by atoms with Gasteiger partial charge in [0.05, 0.1) is 12.4 Å². The van der Waals surface area contributed by atoms with Crippen molar-refractivity contribution in [1.29, 1.82) is 0 Å². The van der Waals surface area contributed by atoms with Gasteiger partial charge in [0.1, 0.15) is 0 Å². The SMILES string of the molecule is C=C.C=C(F)CCC(=O)N(CCCCCc1nc(C2CC2)no1)c1cccc(-c2cnc(OCC)nc2)c1. The number of hydrogen-bond acceptors (Lipinski definition) is 7. The summed E-state index contributed by atoms with van der Waals surface area (Å²) in [7, 11) is 0. The second kappa shape index (κ2) is 14.8. The highest BCUT2D eigenvalue weighted by Gasteiger charge is 2.28. The van der Waals surface area contributed by atoms with Gasteiger partial charge in [-0.2, -0.15) is 4.98 Å². The number of nitrogens with zero attached hydrogens (tertiary/aromatic N) is 5. The van der Waals surface area contributed by atoms with E-state index in [1.54, 1.807) is 17.3 Å². The molecule has 1 aliphatic carbocycles. The van der Waals surface area contributed by atoms with Gasteiger partial charge in [-0.05, 0) is 50.3 Å². The summed E-state index contributed by atoms with van der Waals surface area (Å²) in [4.78, 5) is 27.7. The third-order valence-electron chi connectivity index (χ3n) is 6.00. The number of carbonyl (C=O) groups excluding carboxylic acids is 1. The van der Waals surface area contributed by atoms with E-state index in [1.807, 2.05) is 31.2 Å². The molecular formula is C29H36FN5O3. The fourth-order valence-electron chi connectivity index (χ4n) is 3.90. The summed E-state index contributed by atoms with van der Waals surface area (Å²) in [6.45, 7) is 12.2. The van der Waals surface area contributed by atoms with Gasteiger partial charge in [-0.1, -0.05) is 30.3 Å². The minimum absolute atomic E-state index is 0.0161. The van der Waals surface area contributed by atoms with E-state index in [9.17, 15) is 9.18 Å². The summed E-state index contributed by atoms with van der Waals surface area (Å²) in [6.07, 6.45) is 9.07. The first-order valence-electron chi connectivity index (χ1n) is 13.0. The van der Waals surface area contributed by atoms with Crippen LogP contribution in [0.4, 0.5) is 10.1 Å². The van der Waals surface area contributed by atoms with Crippen molar-refractivity contribution in [2.24, 2.45) is 0 Å². The summed E-state index contributed by atoms with van der Waals surface area (Å²) in [5, 5.41) is 4.06. The van der Waals surface area contributed by atoms with Crippen LogP contribution < -0.4 is 9.64 Å². The molecule has 0 atom stereocenters. The molecule has 1 aliphatic rings. The Morgan fingerprint density at radius 2 is 1.89 bits per heavy atom. The van der Waals surface area contributed by atoms with Crippen LogP contribution in [0.15, 0.2) is 66.7 Å². The maximum Gasteiger partial charge on any atom is 0.316 e. The Hall–Kier alpha value is -3.88. The van der Waals surface area contributed by atoms with Gasteiger partial charge >= 0.3 is 6.01 Å². The molecule has 2 heterocycles. The molecule has 38 heavy (non-hydrogen) atoms. The van der Waals surface area contributed by atoms with Crippen LogP contribution in [0.3, 0.4) is 0 Å². The molecular weight excluding hydrogens is 485 g/mol. The lowest BCUT2D eigenvalue weighted by Gasteiger charge is -2.23. The molecule has 0 radical (unpaired) electrons. The third kappa shape index (κ3) is 8.61. The largest absolute Gasteiger partial charge is 0.464 e. The van der Waals surface area contributed by atoms with Gasteiger partial charge in [0.2, 0.25) is 11.8 Å². The molecule has 9 heteroatoms. The highest BCUT2D eigenvalue weighted by atomic mass is 19.1. The summed E-state index contributed by atoms with van der Waals surface area (Å²) >= 11 is 0. The Morgan fingerprint density at radius 3 is 2.58 bits per heavy atom. The molecule has 4 rings (SSSR count). The predicted octanol–water partition coefficient (Wildman–Crippen LogP) is 6.61. The molecule has 0 bridgehead atoms. The molecule has 202 valence electrons. The molecule has 3 aromatic rings. The molecule has 1 amide bonds. The molecule has 1 fully saturated rings. The molecule has 1 saturated carbocycles. The molecule has 0 N–H and O–H groups in total. The number of anilines is 1. The molecule has 0 unspecified atom stereocenters. The average Bonchev–Trinajstić information content (AvgIpc) is 3.69. The van der Waals surface area contributed by atoms with E-state index in [2.05, 4.69) is 39.8 Å². The van der Waals surface area contributed by atoms with Gasteiger partial charge in [0.25, 0.3) is 0 Å². The number of aryl methyl sites for hydroxylation is 1.